The summed E-state index contributed by atoms with van der Waals surface area (Å²) >= 11 is 0. The Kier molecular flexibility index (Phi) is 6.06. The average Bonchev–Trinajstić information content (AvgIpc) is 2.17. The van der Waals surface area contributed by atoms with Gasteiger partial charge in [-0.25, -0.2) is 8.78 Å². The van der Waals surface area contributed by atoms with Crippen molar-refractivity contribution in [2.45, 2.75) is 18.9 Å². The Morgan fingerprint density at radius 2 is 2.06 bits per heavy atom. The van der Waals surface area contributed by atoms with Crippen molar-refractivity contribution in [3.05, 3.63) is 23.8 Å². The average molecular weight is 254 g/mol. The van der Waals surface area contributed by atoms with Gasteiger partial charge in [-0.05, 0) is 18.2 Å². The van der Waals surface area contributed by atoms with Gasteiger partial charge in [0.25, 0.3) is 0 Å². The normalized spacial score (nSPS) is 12.1. The summed E-state index contributed by atoms with van der Waals surface area (Å²) in [6.45, 7) is 0. The molecule has 0 saturated carbocycles. The summed E-state index contributed by atoms with van der Waals surface area (Å²) in [7, 11) is 1.45. The van der Waals surface area contributed by atoms with Crippen LogP contribution in [0.2, 0.25) is 0 Å². The van der Waals surface area contributed by atoms with Crippen LogP contribution >= 0.6 is 12.4 Å². The van der Waals surface area contributed by atoms with Gasteiger partial charge in [0.1, 0.15) is 11.5 Å². The molecule has 6 heteroatoms. The molecule has 0 aromatic heterocycles. The number of halogens is 3. The first kappa shape index (κ1) is 14.9. The van der Waals surface area contributed by atoms with E-state index in [0.717, 1.165) is 0 Å². The molecule has 0 radical (unpaired) electrons. The van der Waals surface area contributed by atoms with Crippen molar-refractivity contribution in [3.8, 4) is 11.5 Å². The first-order valence-corrected chi connectivity index (χ1v) is 4.45. The third-order valence-corrected chi connectivity index (χ3v) is 2.07. The summed E-state index contributed by atoms with van der Waals surface area (Å²) in [6.07, 6.45) is -2.98. The molecule has 16 heavy (non-hydrogen) atoms. The van der Waals surface area contributed by atoms with Crippen molar-refractivity contribution in [2.75, 3.05) is 7.11 Å². The highest BCUT2D eigenvalue weighted by Gasteiger charge is 2.16. The lowest BCUT2D eigenvalue weighted by Gasteiger charge is -2.14. The second kappa shape index (κ2) is 6.50. The molecule has 0 saturated heterocycles. The molecule has 0 aliphatic heterocycles. The number of nitrogens with two attached hydrogens (primary N) is 1. The van der Waals surface area contributed by atoms with Gasteiger partial charge in [0.2, 0.25) is 6.43 Å². The van der Waals surface area contributed by atoms with Crippen LogP contribution in [0.15, 0.2) is 18.2 Å². The van der Waals surface area contributed by atoms with Gasteiger partial charge in [0.05, 0.1) is 7.11 Å². The van der Waals surface area contributed by atoms with E-state index in [-0.39, 0.29) is 23.7 Å². The van der Waals surface area contributed by atoms with E-state index in [1.165, 1.54) is 25.3 Å². The van der Waals surface area contributed by atoms with Gasteiger partial charge >= 0.3 is 0 Å². The lowest BCUT2D eigenvalue weighted by Crippen LogP contribution is -2.14. The molecule has 0 fully saturated rings. The number of phenolic OH excluding ortho intramolecular Hbond substituents is 1. The van der Waals surface area contributed by atoms with E-state index >= 15 is 0 Å². The van der Waals surface area contributed by atoms with Crippen LogP contribution < -0.4 is 10.5 Å². The molecule has 0 bridgehead atoms. The summed E-state index contributed by atoms with van der Waals surface area (Å²) in [5, 5.41) is 9.43. The van der Waals surface area contributed by atoms with Gasteiger partial charge in [-0.15, -0.1) is 12.4 Å². The van der Waals surface area contributed by atoms with Crippen molar-refractivity contribution >= 4 is 12.4 Å². The third kappa shape index (κ3) is 3.83. The number of ether oxygens (including phenoxy) is 1. The number of hydrogen-bond donors (Lipinski definition) is 2. The molecule has 3 nitrogen and oxygen atoms in total. The van der Waals surface area contributed by atoms with Crippen LogP contribution in [0.5, 0.6) is 11.5 Å². The maximum absolute atomic E-state index is 12.1. The Bertz CT molecular complexity index is 337. The zero-order valence-corrected chi connectivity index (χ0v) is 9.51. The fraction of sp³-hybridized carbons (Fsp3) is 0.400. The summed E-state index contributed by atoms with van der Waals surface area (Å²) in [5.74, 6) is 0.386. The Hall–Kier alpha value is -1.07. The van der Waals surface area contributed by atoms with Gasteiger partial charge in [-0.3, -0.25) is 0 Å². The fourth-order valence-corrected chi connectivity index (χ4v) is 1.28. The van der Waals surface area contributed by atoms with Crippen LogP contribution in [-0.4, -0.2) is 18.6 Å². The van der Waals surface area contributed by atoms with Crippen LogP contribution in [-0.2, 0) is 0 Å². The van der Waals surface area contributed by atoms with Crippen molar-refractivity contribution in [2.24, 2.45) is 5.73 Å². The molecule has 1 atom stereocenters. The molecule has 1 aromatic rings. The van der Waals surface area contributed by atoms with E-state index in [1.807, 2.05) is 0 Å². The van der Waals surface area contributed by atoms with Crippen LogP contribution in [0.25, 0.3) is 0 Å². The van der Waals surface area contributed by atoms with Crippen LogP contribution in [0.4, 0.5) is 8.78 Å². The highest BCUT2D eigenvalue weighted by atomic mass is 35.5. The molecule has 0 aliphatic carbocycles. The quantitative estimate of drug-likeness (QED) is 0.867. The molecule has 0 aliphatic rings. The Labute approximate surface area is 98.6 Å². The molecule has 0 unspecified atom stereocenters. The highest BCUT2D eigenvalue weighted by molar-refractivity contribution is 5.85. The third-order valence-electron chi connectivity index (χ3n) is 2.07. The molecule has 1 aromatic carbocycles. The fourth-order valence-electron chi connectivity index (χ4n) is 1.28. The number of phenols is 1. The lowest BCUT2D eigenvalue weighted by molar-refractivity contribution is 0.128. The minimum absolute atomic E-state index is 0. The number of methoxy groups -OCH3 is 1. The van der Waals surface area contributed by atoms with E-state index in [0.29, 0.717) is 5.75 Å². The van der Waals surface area contributed by atoms with E-state index in [9.17, 15) is 13.9 Å². The first-order valence-electron chi connectivity index (χ1n) is 4.45. The smallest absolute Gasteiger partial charge is 0.240 e. The van der Waals surface area contributed by atoms with Crippen molar-refractivity contribution in [1.82, 2.24) is 0 Å². The number of hydrogen-bond acceptors (Lipinski definition) is 3. The Morgan fingerprint density at radius 3 is 2.56 bits per heavy atom. The summed E-state index contributed by atoms with van der Waals surface area (Å²) in [4.78, 5) is 0. The zero-order chi connectivity index (χ0) is 11.4. The number of benzene rings is 1. The Morgan fingerprint density at radius 1 is 1.44 bits per heavy atom. The molecular weight excluding hydrogens is 240 g/mol. The standard InChI is InChI=1S/C10H13F2NO2.ClH/c1-15-6-2-3-9(14)7(4-6)8(13)5-10(11)12;/h2-4,8,10,14H,5,13H2,1H3;1H/t8-;/m1./s1. The predicted molar refractivity (Wildman–Crippen MR) is 59.5 cm³/mol. The second-order valence-electron chi connectivity index (χ2n) is 3.16. The largest absolute Gasteiger partial charge is 0.508 e. The second-order valence-corrected chi connectivity index (χ2v) is 3.16. The minimum atomic E-state index is -2.49. The van der Waals surface area contributed by atoms with Crippen LogP contribution in [0.1, 0.15) is 18.0 Å². The minimum Gasteiger partial charge on any atom is -0.508 e. The van der Waals surface area contributed by atoms with E-state index in [2.05, 4.69) is 0 Å². The molecule has 3 N–H and O–H groups in total. The molecule has 1 rings (SSSR count). The van der Waals surface area contributed by atoms with Gasteiger partial charge in [-0.1, -0.05) is 0 Å². The first-order chi connectivity index (χ1) is 7.04. The lowest BCUT2D eigenvalue weighted by atomic mass is 10.0. The highest BCUT2D eigenvalue weighted by Crippen LogP contribution is 2.29. The van der Waals surface area contributed by atoms with E-state index < -0.39 is 18.9 Å². The maximum atomic E-state index is 12.1. The van der Waals surface area contributed by atoms with E-state index in [4.69, 9.17) is 10.5 Å². The van der Waals surface area contributed by atoms with Crippen molar-refractivity contribution in [1.29, 1.82) is 0 Å². The zero-order valence-electron chi connectivity index (χ0n) is 8.69. The van der Waals surface area contributed by atoms with Crippen LogP contribution in [0.3, 0.4) is 0 Å². The monoisotopic (exact) mass is 253 g/mol. The van der Waals surface area contributed by atoms with Crippen molar-refractivity contribution < 1.29 is 18.6 Å². The summed E-state index contributed by atoms with van der Waals surface area (Å²) in [6, 6.07) is 3.48. The molecule has 0 amide bonds. The predicted octanol–water partition coefficient (Wildman–Crippen LogP) is 2.48. The number of rotatable bonds is 4. The van der Waals surface area contributed by atoms with Gasteiger partial charge < -0.3 is 15.6 Å². The molecular formula is C10H14ClF2NO2. The van der Waals surface area contributed by atoms with Gasteiger partial charge in [0, 0.05) is 18.0 Å². The van der Waals surface area contributed by atoms with Gasteiger partial charge in [-0.2, -0.15) is 0 Å². The number of alkyl halides is 2. The summed E-state index contributed by atoms with van der Waals surface area (Å²) < 4.78 is 29.1. The van der Waals surface area contributed by atoms with Crippen LogP contribution in [0, 0.1) is 0 Å². The van der Waals surface area contributed by atoms with Gasteiger partial charge in [0.15, 0.2) is 0 Å². The maximum Gasteiger partial charge on any atom is 0.240 e. The molecule has 0 spiro atoms. The van der Waals surface area contributed by atoms with E-state index in [1.54, 1.807) is 0 Å². The number of aromatic hydroxyl groups is 1. The Balaban J connectivity index is 0.00000225. The van der Waals surface area contributed by atoms with Crippen molar-refractivity contribution in [3.63, 3.8) is 0 Å². The topological polar surface area (TPSA) is 55.5 Å². The molecule has 92 valence electrons. The molecule has 0 heterocycles. The SMILES string of the molecule is COc1ccc(O)c([C@H](N)CC(F)F)c1.Cl. The summed E-state index contributed by atoms with van der Waals surface area (Å²) in [5.41, 5.74) is 5.80.